The van der Waals surface area contributed by atoms with Crippen LogP contribution in [0.2, 0.25) is 0 Å². The van der Waals surface area contributed by atoms with Gasteiger partial charge in [-0.15, -0.1) is 11.3 Å². The van der Waals surface area contributed by atoms with Gasteiger partial charge in [0.15, 0.2) is 0 Å². The van der Waals surface area contributed by atoms with E-state index in [0.29, 0.717) is 13.0 Å². The van der Waals surface area contributed by atoms with Crippen molar-refractivity contribution in [1.82, 2.24) is 10.3 Å². The Morgan fingerprint density at radius 1 is 1.79 bits per heavy atom. The van der Waals surface area contributed by atoms with Gasteiger partial charge in [0.1, 0.15) is 5.84 Å². The number of oxime groups is 1. The smallest absolute Gasteiger partial charge is 0.140 e. The number of thiazole rings is 1. The molecule has 1 aromatic rings. The highest BCUT2D eigenvalue weighted by atomic mass is 32.1. The van der Waals surface area contributed by atoms with Crippen LogP contribution >= 0.6 is 11.3 Å². The average Bonchev–Trinajstić information content (AvgIpc) is 2.58. The Kier molecular flexibility index (Phi) is 4.34. The second kappa shape index (κ2) is 5.56. The lowest BCUT2D eigenvalue weighted by Crippen LogP contribution is -2.22. The first kappa shape index (κ1) is 10.9. The van der Waals surface area contributed by atoms with Crippen LogP contribution in [0.15, 0.2) is 10.5 Å². The number of amidine groups is 1. The van der Waals surface area contributed by atoms with Crippen molar-refractivity contribution in [3.63, 3.8) is 0 Å². The number of aromatic nitrogens is 1. The second-order valence-electron chi connectivity index (χ2n) is 2.88. The maximum absolute atomic E-state index is 8.28. The Balaban J connectivity index is 2.16. The van der Waals surface area contributed by atoms with E-state index in [-0.39, 0.29) is 5.84 Å². The molecule has 6 heteroatoms. The Morgan fingerprint density at radius 2 is 2.57 bits per heavy atom. The van der Waals surface area contributed by atoms with Gasteiger partial charge in [0, 0.05) is 24.9 Å². The Bertz CT molecular complexity index is 310. The van der Waals surface area contributed by atoms with Gasteiger partial charge in [0.2, 0.25) is 0 Å². The molecule has 0 atom stereocenters. The third-order valence-corrected chi connectivity index (χ3v) is 2.48. The summed E-state index contributed by atoms with van der Waals surface area (Å²) in [6.45, 7) is 3.39. The monoisotopic (exact) mass is 214 g/mol. The molecule has 0 radical (unpaired) electrons. The zero-order valence-corrected chi connectivity index (χ0v) is 8.84. The van der Waals surface area contributed by atoms with Crippen molar-refractivity contribution in [2.24, 2.45) is 10.9 Å². The van der Waals surface area contributed by atoms with E-state index < -0.39 is 0 Å². The highest BCUT2D eigenvalue weighted by Crippen LogP contribution is 2.06. The fourth-order valence-electron chi connectivity index (χ4n) is 0.972. The van der Waals surface area contributed by atoms with Crippen LogP contribution in [0, 0.1) is 6.92 Å². The van der Waals surface area contributed by atoms with Crippen molar-refractivity contribution in [2.75, 3.05) is 6.54 Å². The predicted octanol–water partition coefficient (Wildman–Crippen LogP) is 0.678. The van der Waals surface area contributed by atoms with E-state index in [4.69, 9.17) is 10.9 Å². The van der Waals surface area contributed by atoms with Crippen molar-refractivity contribution in [3.8, 4) is 0 Å². The molecule has 14 heavy (non-hydrogen) atoms. The van der Waals surface area contributed by atoms with Crippen LogP contribution in [0.4, 0.5) is 0 Å². The first-order valence-corrected chi connectivity index (χ1v) is 5.18. The average molecular weight is 214 g/mol. The molecule has 78 valence electrons. The molecule has 5 nitrogen and oxygen atoms in total. The fraction of sp³-hybridized carbons (Fsp3) is 0.500. The largest absolute Gasteiger partial charge is 0.409 e. The fourth-order valence-corrected chi connectivity index (χ4v) is 1.58. The lowest BCUT2D eigenvalue weighted by molar-refractivity contribution is 0.316. The molecule has 0 aliphatic rings. The molecule has 0 amide bonds. The molecule has 0 aliphatic carbocycles. The van der Waals surface area contributed by atoms with Crippen LogP contribution in [-0.2, 0) is 6.54 Å². The summed E-state index contributed by atoms with van der Waals surface area (Å²) in [5, 5.41) is 17.4. The molecule has 0 aromatic carbocycles. The topological polar surface area (TPSA) is 83.5 Å². The summed E-state index contributed by atoms with van der Waals surface area (Å²) >= 11 is 1.63. The van der Waals surface area contributed by atoms with Gasteiger partial charge in [-0.1, -0.05) is 5.16 Å². The van der Waals surface area contributed by atoms with Gasteiger partial charge < -0.3 is 16.3 Å². The molecule has 0 bridgehead atoms. The second-order valence-corrected chi connectivity index (χ2v) is 3.94. The molecule has 0 saturated heterocycles. The maximum Gasteiger partial charge on any atom is 0.140 e. The first-order valence-electron chi connectivity index (χ1n) is 4.30. The summed E-state index contributed by atoms with van der Waals surface area (Å²) in [4.78, 5) is 4.29. The molecule has 0 aliphatic heterocycles. The molecule has 0 spiro atoms. The minimum absolute atomic E-state index is 0.243. The van der Waals surface area contributed by atoms with Crippen LogP contribution in [0.5, 0.6) is 0 Å². The zero-order valence-electron chi connectivity index (χ0n) is 8.03. The summed E-state index contributed by atoms with van der Waals surface area (Å²) in [5.41, 5.74) is 6.34. The van der Waals surface area contributed by atoms with Crippen LogP contribution in [0.1, 0.15) is 17.1 Å². The Morgan fingerprint density at radius 3 is 3.14 bits per heavy atom. The number of hydrogen-bond donors (Lipinski definition) is 3. The molecule has 0 unspecified atom stereocenters. The van der Waals surface area contributed by atoms with E-state index in [2.05, 4.69) is 15.5 Å². The predicted molar refractivity (Wildman–Crippen MR) is 56.6 cm³/mol. The number of aryl methyl sites for hydroxylation is 1. The van der Waals surface area contributed by atoms with Gasteiger partial charge in [-0.25, -0.2) is 4.98 Å². The van der Waals surface area contributed by atoms with E-state index >= 15 is 0 Å². The standard InChI is InChI=1S/C8H14N4OS/c1-6-11-7(5-14-6)4-10-3-2-8(9)12-13/h5,10,13H,2-4H2,1H3,(H2,9,12). The van der Waals surface area contributed by atoms with E-state index in [0.717, 1.165) is 17.2 Å². The van der Waals surface area contributed by atoms with Gasteiger partial charge >= 0.3 is 0 Å². The van der Waals surface area contributed by atoms with E-state index in [1.165, 1.54) is 0 Å². The summed E-state index contributed by atoms with van der Waals surface area (Å²) in [5.74, 6) is 0.243. The summed E-state index contributed by atoms with van der Waals surface area (Å²) in [6, 6.07) is 0. The lowest BCUT2D eigenvalue weighted by Gasteiger charge is -2.00. The van der Waals surface area contributed by atoms with Crippen molar-refractivity contribution in [2.45, 2.75) is 19.9 Å². The minimum atomic E-state index is 0.243. The summed E-state index contributed by atoms with van der Waals surface area (Å²) in [6.07, 6.45) is 0.541. The maximum atomic E-state index is 8.28. The lowest BCUT2D eigenvalue weighted by atomic mass is 10.4. The van der Waals surface area contributed by atoms with Gasteiger partial charge in [0.25, 0.3) is 0 Å². The van der Waals surface area contributed by atoms with Gasteiger partial charge in [0.05, 0.1) is 10.7 Å². The van der Waals surface area contributed by atoms with Crippen LogP contribution in [0.25, 0.3) is 0 Å². The van der Waals surface area contributed by atoms with Crippen LogP contribution in [0.3, 0.4) is 0 Å². The van der Waals surface area contributed by atoms with Gasteiger partial charge in [-0.05, 0) is 6.92 Å². The molecular formula is C8H14N4OS. The third kappa shape index (κ3) is 3.71. The van der Waals surface area contributed by atoms with E-state index in [1.807, 2.05) is 12.3 Å². The number of nitrogens with one attached hydrogen (secondary N) is 1. The molecule has 0 saturated carbocycles. The molecular weight excluding hydrogens is 200 g/mol. The van der Waals surface area contributed by atoms with Crippen LogP contribution in [-0.4, -0.2) is 22.6 Å². The zero-order chi connectivity index (χ0) is 10.4. The number of nitrogens with zero attached hydrogens (tertiary/aromatic N) is 2. The van der Waals surface area contributed by atoms with Gasteiger partial charge in [-0.2, -0.15) is 0 Å². The SMILES string of the molecule is Cc1nc(CNCCC(N)=NO)cs1. The van der Waals surface area contributed by atoms with Crippen molar-refractivity contribution in [1.29, 1.82) is 0 Å². The highest BCUT2D eigenvalue weighted by molar-refractivity contribution is 7.09. The van der Waals surface area contributed by atoms with Crippen molar-refractivity contribution >= 4 is 17.2 Å². The number of nitrogens with two attached hydrogens (primary N) is 1. The van der Waals surface area contributed by atoms with Crippen LogP contribution < -0.4 is 11.1 Å². The Hall–Kier alpha value is -1.14. The third-order valence-electron chi connectivity index (χ3n) is 1.66. The highest BCUT2D eigenvalue weighted by Gasteiger charge is 1.97. The molecule has 1 aromatic heterocycles. The van der Waals surface area contributed by atoms with Crippen molar-refractivity contribution in [3.05, 3.63) is 16.1 Å². The van der Waals surface area contributed by atoms with Gasteiger partial charge in [-0.3, -0.25) is 0 Å². The van der Waals surface area contributed by atoms with E-state index in [1.54, 1.807) is 11.3 Å². The Labute approximate surface area is 86.6 Å². The number of hydrogen-bond acceptors (Lipinski definition) is 5. The summed E-state index contributed by atoms with van der Waals surface area (Å²) in [7, 11) is 0. The minimum Gasteiger partial charge on any atom is -0.409 e. The normalized spacial score (nSPS) is 11.9. The van der Waals surface area contributed by atoms with Crippen molar-refractivity contribution < 1.29 is 5.21 Å². The molecule has 0 fully saturated rings. The quantitative estimate of drug-likeness (QED) is 0.221. The molecule has 4 N–H and O–H groups in total. The first-order chi connectivity index (χ1) is 6.72. The van der Waals surface area contributed by atoms with E-state index in [9.17, 15) is 0 Å². The summed E-state index contributed by atoms with van der Waals surface area (Å²) < 4.78 is 0. The number of rotatable bonds is 5. The molecule has 1 rings (SSSR count). The molecule has 1 heterocycles.